The number of urea groups is 2. The van der Waals surface area contributed by atoms with Crippen LogP contribution in [0.3, 0.4) is 0 Å². The van der Waals surface area contributed by atoms with Gasteiger partial charge in [0.05, 0.1) is 12.3 Å². The average Bonchev–Trinajstić information content (AvgIpc) is 3.29. The van der Waals surface area contributed by atoms with Gasteiger partial charge in [0, 0.05) is 39.3 Å². The van der Waals surface area contributed by atoms with E-state index in [-0.39, 0.29) is 18.1 Å². The zero-order valence-electron chi connectivity index (χ0n) is 14.4. The smallest absolute Gasteiger partial charge is 0.317 e. The fraction of sp³-hybridized carbons (Fsp3) is 0.647. The summed E-state index contributed by atoms with van der Waals surface area (Å²) < 4.78 is 10.7. The van der Waals surface area contributed by atoms with Crippen LogP contribution >= 0.6 is 0 Å². The molecule has 0 saturated carbocycles. The summed E-state index contributed by atoms with van der Waals surface area (Å²) in [6, 6.07) is 3.75. The Balaban J connectivity index is 1.31. The number of nitrogens with one attached hydrogen (secondary N) is 2. The summed E-state index contributed by atoms with van der Waals surface area (Å²) in [6.45, 7) is 4.36. The molecule has 2 fully saturated rings. The monoisotopic (exact) mass is 350 g/mol. The van der Waals surface area contributed by atoms with Crippen molar-refractivity contribution >= 4 is 12.1 Å². The van der Waals surface area contributed by atoms with Gasteiger partial charge in [0.15, 0.2) is 0 Å². The molecule has 0 spiro atoms. The van der Waals surface area contributed by atoms with Crippen molar-refractivity contribution in [2.45, 2.75) is 31.9 Å². The predicted octanol–water partition coefficient (Wildman–Crippen LogP) is 1.39. The second kappa shape index (κ2) is 8.75. The number of ether oxygens (including phenoxy) is 1. The normalized spacial score (nSPS) is 20.6. The van der Waals surface area contributed by atoms with Crippen LogP contribution in [0.1, 0.15) is 25.0 Å². The van der Waals surface area contributed by atoms with Gasteiger partial charge in [-0.25, -0.2) is 9.59 Å². The van der Waals surface area contributed by atoms with Crippen LogP contribution in [0.5, 0.6) is 0 Å². The van der Waals surface area contributed by atoms with Crippen molar-refractivity contribution in [2.75, 3.05) is 39.3 Å². The third-order valence-electron chi connectivity index (χ3n) is 4.58. The van der Waals surface area contributed by atoms with E-state index in [0.29, 0.717) is 32.8 Å². The number of carbonyl (C=O) groups is 2. The van der Waals surface area contributed by atoms with Crippen LogP contribution in [-0.4, -0.2) is 67.2 Å². The molecule has 2 saturated heterocycles. The van der Waals surface area contributed by atoms with Crippen molar-refractivity contribution < 1.29 is 18.7 Å². The maximum absolute atomic E-state index is 12.3. The minimum atomic E-state index is -0.0599. The minimum absolute atomic E-state index is 0.0130. The molecular formula is C17H26N4O4. The van der Waals surface area contributed by atoms with Crippen molar-refractivity contribution in [2.24, 2.45) is 0 Å². The van der Waals surface area contributed by atoms with Gasteiger partial charge in [-0.15, -0.1) is 0 Å². The summed E-state index contributed by atoms with van der Waals surface area (Å²) in [4.78, 5) is 27.7. The van der Waals surface area contributed by atoms with Crippen LogP contribution in [0.25, 0.3) is 0 Å². The van der Waals surface area contributed by atoms with E-state index in [1.54, 1.807) is 6.26 Å². The first-order chi connectivity index (χ1) is 12.2. The quantitative estimate of drug-likeness (QED) is 0.728. The summed E-state index contributed by atoms with van der Waals surface area (Å²) in [6.07, 6.45) is 4.25. The van der Waals surface area contributed by atoms with Crippen molar-refractivity contribution in [3.8, 4) is 0 Å². The number of hydrogen-bond acceptors (Lipinski definition) is 4. The van der Waals surface area contributed by atoms with Gasteiger partial charge in [-0.3, -0.25) is 0 Å². The molecule has 1 aromatic heterocycles. The maximum atomic E-state index is 12.3. The van der Waals surface area contributed by atoms with Crippen LogP contribution in [0.15, 0.2) is 22.8 Å². The van der Waals surface area contributed by atoms with E-state index in [9.17, 15) is 9.59 Å². The molecule has 8 nitrogen and oxygen atoms in total. The molecule has 0 aliphatic carbocycles. The minimum Gasteiger partial charge on any atom is -0.467 e. The summed E-state index contributed by atoms with van der Waals surface area (Å²) in [5.74, 6) is 0.800. The van der Waals surface area contributed by atoms with Gasteiger partial charge in [-0.2, -0.15) is 0 Å². The first kappa shape index (κ1) is 17.6. The Morgan fingerprint density at radius 1 is 1.44 bits per heavy atom. The van der Waals surface area contributed by atoms with Gasteiger partial charge in [0.2, 0.25) is 0 Å². The highest BCUT2D eigenvalue weighted by molar-refractivity contribution is 5.77. The summed E-state index contributed by atoms with van der Waals surface area (Å²) in [7, 11) is 0. The van der Waals surface area contributed by atoms with E-state index in [2.05, 4.69) is 10.6 Å². The van der Waals surface area contributed by atoms with Gasteiger partial charge < -0.3 is 29.6 Å². The van der Waals surface area contributed by atoms with E-state index in [4.69, 9.17) is 9.15 Å². The number of likely N-dealkylation sites (tertiary alicyclic amines) is 1. The molecular weight excluding hydrogens is 324 g/mol. The first-order valence-corrected chi connectivity index (χ1v) is 8.91. The number of furan rings is 1. The Kier molecular flexibility index (Phi) is 6.16. The Morgan fingerprint density at radius 2 is 2.36 bits per heavy atom. The Bertz CT molecular complexity index is 563. The van der Waals surface area contributed by atoms with Gasteiger partial charge in [0.25, 0.3) is 0 Å². The largest absolute Gasteiger partial charge is 0.467 e. The van der Waals surface area contributed by atoms with Gasteiger partial charge in [0.1, 0.15) is 12.4 Å². The highest BCUT2D eigenvalue weighted by Gasteiger charge is 2.32. The molecule has 0 aromatic carbocycles. The highest BCUT2D eigenvalue weighted by atomic mass is 16.5. The Labute approximate surface area is 147 Å². The van der Waals surface area contributed by atoms with E-state index in [1.165, 1.54) is 0 Å². The number of rotatable bonds is 7. The van der Waals surface area contributed by atoms with Crippen molar-refractivity contribution in [1.82, 2.24) is 20.4 Å². The molecule has 0 radical (unpaired) electrons. The summed E-state index contributed by atoms with van der Waals surface area (Å²) >= 11 is 0. The molecule has 3 rings (SSSR count). The SMILES string of the molecule is O=C(NCCCOCc1ccco1)N1CCCC(N2CCNC2=O)C1. The van der Waals surface area contributed by atoms with Crippen molar-refractivity contribution in [1.29, 1.82) is 0 Å². The Morgan fingerprint density at radius 3 is 3.12 bits per heavy atom. The topological polar surface area (TPSA) is 87.1 Å². The second-order valence-corrected chi connectivity index (χ2v) is 6.38. The fourth-order valence-corrected chi connectivity index (χ4v) is 3.28. The number of nitrogens with zero attached hydrogens (tertiary/aromatic N) is 2. The van der Waals surface area contributed by atoms with Crippen LogP contribution < -0.4 is 10.6 Å². The van der Waals surface area contributed by atoms with Crippen molar-refractivity contribution in [3.05, 3.63) is 24.2 Å². The molecule has 3 heterocycles. The molecule has 25 heavy (non-hydrogen) atoms. The lowest BCUT2D eigenvalue weighted by atomic mass is 10.0. The third kappa shape index (κ3) is 4.88. The Hall–Kier alpha value is -2.22. The maximum Gasteiger partial charge on any atom is 0.317 e. The van der Waals surface area contributed by atoms with Crippen LogP contribution in [-0.2, 0) is 11.3 Å². The molecule has 2 N–H and O–H groups in total. The molecule has 1 unspecified atom stereocenters. The van der Waals surface area contributed by atoms with E-state index in [1.807, 2.05) is 21.9 Å². The lowest BCUT2D eigenvalue weighted by Gasteiger charge is -2.37. The fourth-order valence-electron chi connectivity index (χ4n) is 3.28. The lowest BCUT2D eigenvalue weighted by molar-refractivity contribution is 0.103. The van der Waals surface area contributed by atoms with Gasteiger partial charge >= 0.3 is 12.1 Å². The number of amides is 4. The molecule has 8 heteroatoms. The predicted molar refractivity (Wildman–Crippen MR) is 91.1 cm³/mol. The van der Waals surface area contributed by atoms with Crippen LogP contribution in [0.4, 0.5) is 9.59 Å². The molecule has 138 valence electrons. The molecule has 1 atom stereocenters. The molecule has 2 aliphatic rings. The van der Waals surface area contributed by atoms with Gasteiger partial charge in [-0.1, -0.05) is 0 Å². The van der Waals surface area contributed by atoms with Crippen molar-refractivity contribution in [3.63, 3.8) is 0 Å². The lowest BCUT2D eigenvalue weighted by Crippen LogP contribution is -2.53. The highest BCUT2D eigenvalue weighted by Crippen LogP contribution is 2.17. The van der Waals surface area contributed by atoms with Gasteiger partial charge in [-0.05, 0) is 31.4 Å². The molecule has 1 aromatic rings. The zero-order valence-corrected chi connectivity index (χ0v) is 14.4. The number of piperidine rings is 1. The van der Waals surface area contributed by atoms with E-state index in [0.717, 1.165) is 38.1 Å². The number of hydrogen-bond donors (Lipinski definition) is 2. The van der Waals surface area contributed by atoms with E-state index < -0.39 is 0 Å². The van der Waals surface area contributed by atoms with Crippen LogP contribution in [0, 0.1) is 0 Å². The van der Waals surface area contributed by atoms with Crippen LogP contribution in [0.2, 0.25) is 0 Å². The summed E-state index contributed by atoms with van der Waals surface area (Å²) in [5, 5.41) is 5.76. The molecule has 4 amide bonds. The molecule has 0 bridgehead atoms. The second-order valence-electron chi connectivity index (χ2n) is 6.38. The van der Waals surface area contributed by atoms with E-state index >= 15 is 0 Å². The average molecular weight is 350 g/mol. The molecule has 2 aliphatic heterocycles. The number of carbonyl (C=O) groups excluding carboxylic acids is 2. The summed E-state index contributed by atoms with van der Waals surface area (Å²) in [5.41, 5.74) is 0. The first-order valence-electron chi connectivity index (χ1n) is 8.91. The third-order valence-corrected chi connectivity index (χ3v) is 4.58. The zero-order chi connectivity index (χ0) is 17.5. The standard InChI is InChI=1S/C17H26N4O4/c22-16(18-6-3-10-24-13-15-5-2-11-25-15)20-8-1-4-14(12-20)21-9-7-19-17(21)23/h2,5,11,14H,1,3-4,6-10,12-13H2,(H,18,22)(H,19,23).